The van der Waals surface area contributed by atoms with Crippen molar-refractivity contribution in [3.63, 3.8) is 0 Å². The van der Waals surface area contributed by atoms with Crippen LogP contribution < -0.4 is 10.6 Å². The highest BCUT2D eigenvalue weighted by Crippen LogP contribution is 2.62. The van der Waals surface area contributed by atoms with Crippen LogP contribution in [0.4, 0.5) is 0 Å². The Balaban J connectivity index is 2.19. The molecule has 1 fully saturated rings. The Kier molecular flexibility index (Phi) is 4.23. The lowest BCUT2D eigenvalue weighted by molar-refractivity contribution is -0.121. The van der Waals surface area contributed by atoms with Gasteiger partial charge in [0.15, 0.2) is 0 Å². The van der Waals surface area contributed by atoms with Crippen molar-refractivity contribution in [3.8, 4) is 0 Å². The fourth-order valence-corrected chi connectivity index (χ4v) is 2.43. The van der Waals surface area contributed by atoms with E-state index in [1.807, 2.05) is 0 Å². The summed E-state index contributed by atoms with van der Waals surface area (Å²) in [5, 5.41) is 6.48. The van der Waals surface area contributed by atoms with Gasteiger partial charge >= 0.3 is 0 Å². The molecule has 0 atom stereocenters. The SMILES string of the molecule is CC(C)NCCCC(=O)NC1C(C)(C)C1(C)C. The molecule has 1 amide bonds. The molecule has 0 saturated heterocycles. The first kappa shape index (κ1) is 14.5. The summed E-state index contributed by atoms with van der Waals surface area (Å²) in [7, 11) is 0. The van der Waals surface area contributed by atoms with Crippen LogP contribution in [-0.2, 0) is 4.79 Å². The van der Waals surface area contributed by atoms with E-state index in [1.54, 1.807) is 0 Å². The van der Waals surface area contributed by atoms with Crippen LogP contribution in [0, 0.1) is 10.8 Å². The summed E-state index contributed by atoms with van der Waals surface area (Å²) >= 11 is 0. The average molecular weight is 240 g/mol. The minimum atomic E-state index is 0.194. The van der Waals surface area contributed by atoms with E-state index in [1.165, 1.54) is 0 Å². The predicted octanol–water partition coefficient (Wildman–Crippen LogP) is 2.32. The van der Waals surface area contributed by atoms with E-state index in [9.17, 15) is 4.79 Å². The van der Waals surface area contributed by atoms with Crippen molar-refractivity contribution in [1.82, 2.24) is 10.6 Å². The standard InChI is InChI=1S/C14H28N2O/c1-10(2)15-9-7-8-11(17)16-12-13(3,4)14(12,5)6/h10,12,15H,7-9H2,1-6H3,(H,16,17). The Bertz CT molecular complexity index is 268. The van der Waals surface area contributed by atoms with Gasteiger partial charge in [0.2, 0.25) is 5.91 Å². The Morgan fingerprint density at radius 2 is 1.71 bits per heavy atom. The van der Waals surface area contributed by atoms with Gasteiger partial charge in [-0.15, -0.1) is 0 Å². The summed E-state index contributed by atoms with van der Waals surface area (Å²) in [6.07, 6.45) is 1.54. The number of hydrogen-bond acceptors (Lipinski definition) is 2. The zero-order valence-electron chi connectivity index (χ0n) is 12.2. The number of carbonyl (C=O) groups is 1. The molecule has 17 heavy (non-hydrogen) atoms. The van der Waals surface area contributed by atoms with Gasteiger partial charge in [-0.25, -0.2) is 0 Å². The quantitative estimate of drug-likeness (QED) is 0.700. The smallest absolute Gasteiger partial charge is 0.220 e. The lowest BCUT2D eigenvalue weighted by Gasteiger charge is -2.09. The highest BCUT2D eigenvalue weighted by Gasteiger charge is 2.65. The van der Waals surface area contributed by atoms with Crippen molar-refractivity contribution in [3.05, 3.63) is 0 Å². The van der Waals surface area contributed by atoms with E-state index in [4.69, 9.17) is 0 Å². The predicted molar refractivity (Wildman–Crippen MR) is 71.9 cm³/mol. The van der Waals surface area contributed by atoms with E-state index < -0.39 is 0 Å². The fraction of sp³-hybridized carbons (Fsp3) is 0.929. The van der Waals surface area contributed by atoms with Crippen molar-refractivity contribution in [1.29, 1.82) is 0 Å². The number of amides is 1. The van der Waals surface area contributed by atoms with E-state index in [2.05, 4.69) is 52.2 Å². The molecule has 2 N–H and O–H groups in total. The van der Waals surface area contributed by atoms with Crippen LogP contribution in [0.25, 0.3) is 0 Å². The van der Waals surface area contributed by atoms with Gasteiger partial charge < -0.3 is 10.6 Å². The van der Waals surface area contributed by atoms with Crippen LogP contribution in [0.15, 0.2) is 0 Å². The van der Waals surface area contributed by atoms with E-state index in [-0.39, 0.29) is 16.7 Å². The summed E-state index contributed by atoms with van der Waals surface area (Å²) in [5.74, 6) is 0.194. The third kappa shape index (κ3) is 3.21. The molecule has 3 heteroatoms. The van der Waals surface area contributed by atoms with Crippen molar-refractivity contribution in [2.75, 3.05) is 6.54 Å². The molecule has 1 saturated carbocycles. The molecule has 0 aromatic carbocycles. The van der Waals surface area contributed by atoms with Gasteiger partial charge in [0, 0.05) is 18.5 Å². The third-order valence-corrected chi connectivity index (χ3v) is 4.46. The molecule has 0 aromatic heterocycles. The summed E-state index contributed by atoms with van der Waals surface area (Å²) in [6, 6.07) is 0.833. The van der Waals surface area contributed by atoms with Gasteiger partial charge in [0.05, 0.1) is 0 Å². The first-order valence-electron chi connectivity index (χ1n) is 6.72. The monoisotopic (exact) mass is 240 g/mol. The van der Waals surface area contributed by atoms with Crippen LogP contribution in [0.5, 0.6) is 0 Å². The number of rotatable bonds is 6. The summed E-state index contributed by atoms with van der Waals surface area (Å²) in [6.45, 7) is 14.0. The number of nitrogens with one attached hydrogen (secondary N) is 2. The maximum absolute atomic E-state index is 11.8. The van der Waals surface area contributed by atoms with Crippen LogP contribution >= 0.6 is 0 Å². The van der Waals surface area contributed by atoms with E-state index in [0.29, 0.717) is 18.5 Å². The maximum Gasteiger partial charge on any atom is 0.220 e. The molecule has 0 bridgehead atoms. The molecular formula is C14H28N2O. The average Bonchev–Trinajstić information content (AvgIpc) is 2.55. The lowest BCUT2D eigenvalue weighted by Crippen LogP contribution is -2.31. The molecule has 0 spiro atoms. The van der Waals surface area contributed by atoms with Crippen LogP contribution in [-0.4, -0.2) is 24.5 Å². The second-order valence-corrected chi connectivity index (χ2v) is 6.66. The third-order valence-electron chi connectivity index (χ3n) is 4.46. The second kappa shape index (κ2) is 4.97. The molecule has 1 aliphatic rings. The highest BCUT2D eigenvalue weighted by atomic mass is 16.1. The Morgan fingerprint density at radius 1 is 1.18 bits per heavy atom. The molecular weight excluding hydrogens is 212 g/mol. The van der Waals surface area contributed by atoms with Crippen LogP contribution in [0.1, 0.15) is 54.4 Å². The van der Waals surface area contributed by atoms with E-state index >= 15 is 0 Å². The first-order chi connectivity index (χ1) is 7.69. The second-order valence-electron chi connectivity index (χ2n) is 6.66. The molecule has 0 aliphatic heterocycles. The molecule has 1 rings (SSSR count). The molecule has 3 nitrogen and oxygen atoms in total. The maximum atomic E-state index is 11.8. The van der Waals surface area contributed by atoms with Gasteiger partial charge in [-0.1, -0.05) is 41.5 Å². The molecule has 0 heterocycles. The summed E-state index contributed by atoms with van der Waals surface area (Å²) < 4.78 is 0. The van der Waals surface area contributed by atoms with Crippen molar-refractivity contribution < 1.29 is 4.79 Å². The van der Waals surface area contributed by atoms with Crippen LogP contribution in [0.3, 0.4) is 0 Å². The lowest BCUT2D eigenvalue weighted by atomic mass is 10.0. The van der Waals surface area contributed by atoms with Gasteiger partial charge in [-0.3, -0.25) is 4.79 Å². The fourth-order valence-electron chi connectivity index (χ4n) is 2.43. The van der Waals surface area contributed by atoms with Gasteiger partial charge in [-0.05, 0) is 23.8 Å². The summed E-state index contributed by atoms with van der Waals surface area (Å²) in [5.41, 5.74) is 0.470. The van der Waals surface area contributed by atoms with Crippen LogP contribution in [0.2, 0.25) is 0 Å². The first-order valence-corrected chi connectivity index (χ1v) is 6.72. The Hall–Kier alpha value is -0.570. The summed E-state index contributed by atoms with van der Waals surface area (Å²) in [4.78, 5) is 11.8. The molecule has 100 valence electrons. The number of hydrogen-bond donors (Lipinski definition) is 2. The Labute approximate surface area is 106 Å². The normalized spacial score (nSPS) is 21.6. The highest BCUT2D eigenvalue weighted by molar-refractivity contribution is 5.77. The largest absolute Gasteiger partial charge is 0.352 e. The van der Waals surface area contributed by atoms with Gasteiger partial charge in [0.25, 0.3) is 0 Å². The minimum absolute atomic E-state index is 0.194. The van der Waals surface area contributed by atoms with E-state index in [0.717, 1.165) is 13.0 Å². The Morgan fingerprint density at radius 3 is 2.12 bits per heavy atom. The van der Waals surface area contributed by atoms with Gasteiger partial charge in [0.1, 0.15) is 0 Å². The topological polar surface area (TPSA) is 41.1 Å². The number of carbonyl (C=O) groups excluding carboxylic acids is 1. The molecule has 0 radical (unpaired) electrons. The van der Waals surface area contributed by atoms with Crippen molar-refractivity contribution in [2.45, 2.75) is 66.5 Å². The van der Waals surface area contributed by atoms with Crippen molar-refractivity contribution >= 4 is 5.91 Å². The minimum Gasteiger partial charge on any atom is -0.352 e. The van der Waals surface area contributed by atoms with Gasteiger partial charge in [-0.2, -0.15) is 0 Å². The molecule has 1 aliphatic carbocycles. The molecule has 0 unspecified atom stereocenters. The van der Waals surface area contributed by atoms with Crippen molar-refractivity contribution in [2.24, 2.45) is 10.8 Å². The zero-order chi connectivity index (χ0) is 13.3. The molecule has 0 aromatic rings. The zero-order valence-corrected chi connectivity index (χ0v) is 12.2.